The predicted molar refractivity (Wildman–Crippen MR) is 180 cm³/mol. The lowest BCUT2D eigenvalue weighted by molar-refractivity contribution is -0.886. The monoisotopic (exact) mass is 621 g/mol. The molecule has 2 fully saturated rings. The first kappa shape index (κ1) is 35.1. The molecule has 2 aliphatic heterocycles. The third-order valence-electron chi connectivity index (χ3n) is 9.72. The number of benzene rings is 2. The number of likely N-dealkylation sites (tertiary alicyclic amines) is 1. The van der Waals surface area contributed by atoms with Crippen molar-refractivity contribution < 1.29 is 23.9 Å². The molecule has 4 rings (SSSR count). The minimum atomic E-state index is -0.624. The van der Waals surface area contributed by atoms with E-state index in [2.05, 4.69) is 24.5 Å². The third kappa shape index (κ3) is 10.1. The number of quaternary nitrogens is 1. The molecule has 2 aliphatic rings. The van der Waals surface area contributed by atoms with Crippen LogP contribution in [0.4, 0.5) is 0 Å². The van der Waals surface area contributed by atoms with Gasteiger partial charge in [0.25, 0.3) is 0 Å². The van der Waals surface area contributed by atoms with Gasteiger partial charge in [-0.1, -0.05) is 56.3 Å². The number of amides is 2. The van der Waals surface area contributed by atoms with Crippen molar-refractivity contribution in [2.24, 2.45) is 5.92 Å². The molecule has 2 aromatic rings. The zero-order valence-corrected chi connectivity index (χ0v) is 28.0. The van der Waals surface area contributed by atoms with E-state index in [9.17, 15) is 14.7 Å². The summed E-state index contributed by atoms with van der Waals surface area (Å²) in [4.78, 5) is 31.0. The van der Waals surface area contributed by atoms with Crippen molar-refractivity contribution in [3.63, 3.8) is 0 Å². The Labute approximate surface area is 271 Å². The number of hydrogen-bond acceptors (Lipinski definition) is 6. The van der Waals surface area contributed by atoms with Gasteiger partial charge in [-0.3, -0.25) is 14.2 Å². The molecular formula is C37H57N4O4+. The standard InChI is InChI=1S/C37H56N4O4/c1-28(2)25-35(40(4)22-19-29(3)42)36(43)39-34(37(44)41(23-9-6-10-24-41)32-17-20-38-21-18-32)26-30-13-15-33(16-14-30)45-27-31-11-7-5-8-12-31/h5,7-8,11-16,28-29,32,34-35,38,42H,6,9-10,17-27H2,1-4H3/p+1. The van der Waals surface area contributed by atoms with Crippen molar-refractivity contribution in [2.45, 2.75) is 103 Å². The largest absolute Gasteiger partial charge is 0.489 e. The number of nitrogens with zero attached hydrogens (tertiary/aromatic N) is 2. The molecule has 0 radical (unpaired) electrons. The van der Waals surface area contributed by atoms with Gasteiger partial charge >= 0.3 is 5.91 Å². The third-order valence-corrected chi connectivity index (χ3v) is 9.72. The first-order valence-electron chi connectivity index (χ1n) is 17.2. The van der Waals surface area contributed by atoms with Crippen molar-refractivity contribution in [2.75, 3.05) is 39.8 Å². The number of rotatable bonds is 15. The van der Waals surface area contributed by atoms with Gasteiger partial charge < -0.3 is 20.5 Å². The Kier molecular flexibility index (Phi) is 13.4. The fourth-order valence-electron chi connectivity index (χ4n) is 7.10. The molecule has 2 aromatic carbocycles. The van der Waals surface area contributed by atoms with Crippen LogP contribution in [0.2, 0.25) is 0 Å². The van der Waals surface area contributed by atoms with Crippen molar-refractivity contribution in [1.29, 1.82) is 0 Å². The smallest absolute Gasteiger partial charge is 0.336 e. The summed E-state index contributed by atoms with van der Waals surface area (Å²) in [6, 6.07) is 17.4. The summed E-state index contributed by atoms with van der Waals surface area (Å²) in [7, 11) is 1.95. The number of aliphatic hydroxyl groups is 1. The first-order valence-corrected chi connectivity index (χ1v) is 17.2. The van der Waals surface area contributed by atoms with E-state index in [1.165, 1.54) is 0 Å². The van der Waals surface area contributed by atoms with Crippen molar-refractivity contribution in [3.8, 4) is 5.75 Å². The van der Waals surface area contributed by atoms with E-state index in [4.69, 9.17) is 4.74 Å². The fraction of sp³-hybridized carbons (Fsp3) is 0.622. The van der Waals surface area contributed by atoms with Gasteiger partial charge in [-0.15, -0.1) is 0 Å². The summed E-state index contributed by atoms with van der Waals surface area (Å²) in [5, 5.41) is 16.7. The number of likely N-dealkylation sites (N-methyl/N-ethyl adjacent to an activating group) is 1. The minimum Gasteiger partial charge on any atom is -0.489 e. The number of hydrogen-bond donors (Lipinski definition) is 3. The maximum absolute atomic E-state index is 14.9. The average molecular weight is 622 g/mol. The molecule has 3 N–H and O–H groups in total. The molecule has 0 saturated carbocycles. The minimum absolute atomic E-state index is 0.0987. The molecule has 45 heavy (non-hydrogen) atoms. The van der Waals surface area contributed by atoms with E-state index >= 15 is 0 Å². The molecule has 2 saturated heterocycles. The van der Waals surface area contributed by atoms with Gasteiger partial charge in [-0.2, -0.15) is 0 Å². The lowest BCUT2D eigenvalue weighted by atomic mass is 9.93. The lowest BCUT2D eigenvalue weighted by Gasteiger charge is -2.47. The maximum Gasteiger partial charge on any atom is 0.336 e. The second-order valence-corrected chi connectivity index (χ2v) is 13.8. The molecular weight excluding hydrogens is 564 g/mol. The van der Waals surface area contributed by atoms with Gasteiger partial charge in [0.1, 0.15) is 18.4 Å². The highest BCUT2D eigenvalue weighted by atomic mass is 16.5. The van der Waals surface area contributed by atoms with Crippen LogP contribution in [0.15, 0.2) is 54.6 Å². The summed E-state index contributed by atoms with van der Waals surface area (Å²) in [5.41, 5.74) is 2.11. The lowest BCUT2D eigenvalue weighted by Crippen LogP contribution is -2.68. The molecule has 0 spiro atoms. The topological polar surface area (TPSA) is 90.9 Å². The zero-order chi connectivity index (χ0) is 32.2. The van der Waals surface area contributed by atoms with Crippen molar-refractivity contribution in [1.82, 2.24) is 15.5 Å². The van der Waals surface area contributed by atoms with E-state index in [0.717, 1.165) is 75.2 Å². The van der Waals surface area contributed by atoms with Crippen LogP contribution < -0.4 is 15.4 Å². The number of nitrogens with one attached hydrogen (secondary N) is 2. The molecule has 0 bridgehead atoms. The number of ether oxygens (including phenoxy) is 1. The number of carbonyl (C=O) groups excluding carboxylic acids is 2. The Morgan fingerprint density at radius 3 is 2.27 bits per heavy atom. The maximum atomic E-state index is 14.9. The van der Waals surface area contributed by atoms with Crippen molar-refractivity contribution in [3.05, 3.63) is 65.7 Å². The van der Waals surface area contributed by atoms with Crippen LogP contribution in [0.1, 0.15) is 76.8 Å². The van der Waals surface area contributed by atoms with Crippen LogP contribution in [0, 0.1) is 5.92 Å². The Morgan fingerprint density at radius 1 is 0.978 bits per heavy atom. The highest BCUT2D eigenvalue weighted by Gasteiger charge is 2.48. The Bertz CT molecular complexity index is 1170. The summed E-state index contributed by atoms with van der Waals surface area (Å²) >= 11 is 0. The quantitative estimate of drug-likeness (QED) is 0.250. The van der Waals surface area contributed by atoms with Gasteiger partial charge in [0.05, 0.1) is 31.3 Å². The second kappa shape index (κ2) is 17.2. The molecule has 8 heteroatoms. The first-order chi connectivity index (χ1) is 21.7. The summed E-state index contributed by atoms with van der Waals surface area (Å²) in [5.74, 6) is 1.15. The fourth-order valence-corrected chi connectivity index (χ4v) is 7.10. The van der Waals surface area contributed by atoms with E-state index in [0.29, 0.717) is 42.8 Å². The summed E-state index contributed by atoms with van der Waals surface area (Å²) in [6.45, 7) is 10.7. The van der Waals surface area contributed by atoms with Gasteiger partial charge in [-0.05, 0) is 75.3 Å². The van der Waals surface area contributed by atoms with E-state index in [1.54, 1.807) is 6.92 Å². The van der Waals surface area contributed by atoms with Crippen LogP contribution in [0.3, 0.4) is 0 Å². The Balaban J connectivity index is 1.57. The molecule has 2 heterocycles. The number of piperidine rings is 2. The molecule has 2 amide bonds. The molecule has 3 unspecified atom stereocenters. The van der Waals surface area contributed by atoms with Crippen molar-refractivity contribution >= 4 is 11.8 Å². The van der Waals surface area contributed by atoms with Gasteiger partial charge in [0.2, 0.25) is 5.91 Å². The molecule has 0 aliphatic carbocycles. The number of carbonyl (C=O) groups is 2. The predicted octanol–water partition coefficient (Wildman–Crippen LogP) is 4.69. The van der Waals surface area contributed by atoms with Crippen LogP contribution in [0.5, 0.6) is 5.75 Å². The van der Waals surface area contributed by atoms with Crippen LogP contribution in [-0.2, 0) is 22.6 Å². The molecule has 8 nitrogen and oxygen atoms in total. The summed E-state index contributed by atoms with van der Waals surface area (Å²) in [6.07, 6.45) is 6.50. The van der Waals surface area contributed by atoms with Crippen LogP contribution in [-0.4, -0.2) is 90.3 Å². The SMILES string of the molecule is CC(C)CC(C(=O)NC(Cc1ccc(OCc2ccccc2)cc1)C(=O)[N+]1(C2CCNCC2)CCCCC1)N(C)CCC(C)O. The average Bonchev–Trinajstić information content (AvgIpc) is 3.06. The van der Waals surface area contributed by atoms with Crippen LogP contribution in [0.25, 0.3) is 0 Å². The highest BCUT2D eigenvalue weighted by Crippen LogP contribution is 2.30. The Morgan fingerprint density at radius 2 is 1.64 bits per heavy atom. The van der Waals surface area contributed by atoms with Gasteiger partial charge in [-0.25, -0.2) is 4.79 Å². The van der Waals surface area contributed by atoms with E-state index in [1.807, 2.05) is 66.5 Å². The normalized spacial score (nSPS) is 19.2. The molecule has 0 aromatic heterocycles. The van der Waals surface area contributed by atoms with Gasteiger partial charge in [0.15, 0.2) is 0 Å². The molecule has 248 valence electrons. The highest BCUT2D eigenvalue weighted by molar-refractivity contribution is 5.87. The zero-order valence-electron chi connectivity index (χ0n) is 28.0. The van der Waals surface area contributed by atoms with E-state index < -0.39 is 12.1 Å². The Hall–Kier alpha value is -2.78. The summed E-state index contributed by atoms with van der Waals surface area (Å²) < 4.78 is 6.50. The van der Waals surface area contributed by atoms with E-state index in [-0.39, 0.29) is 23.9 Å². The molecule has 3 atom stereocenters. The number of aliphatic hydroxyl groups excluding tert-OH is 1. The van der Waals surface area contributed by atoms with Gasteiger partial charge in [0, 0.05) is 38.9 Å². The second-order valence-electron chi connectivity index (χ2n) is 13.8. The van der Waals surface area contributed by atoms with Crippen LogP contribution >= 0.6 is 0 Å².